The molecule has 2 heterocycles. The molecule has 0 aliphatic carbocycles. The summed E-state index contributed by atoms with van der Waals surface area (Å²) in [4.78, 5) is 4.48. The maximum absolute atomic E-state index is 12.1. The van der Waals surface area contributed by atoms with Crippen LogP contribution in [0.4, 0.5) is 0 Å². The average Bonchev–Trinajstić information content (AvgIpc) is 3.26. The minimum atomic E-state index is -3.46. The van der Waals surface area contributed by atoms with Crippen LogP contribution in [-0.4, -0.2) is 27.1 Å². The van der Waals surface area contributed by atoms with Crippen LogP contribution in [0.5, 0.6) is 5.75 Å². The van der Waals surface area contributed by atoms with Gasteiger partial charge in [-0.15, -0.1) is 11.3 Å². The van der Waals surface area contributed by atoms with Gasteiger partial charge in [0.1, 0.15) is 15.7 Å². The van der Waals surface area contributed by atoms with Gasteiger partial charge in [-0.3, -0.25) is 0 Å². The molecule has 3 aromatic rings. The van der Waals surface area contributed by atoms with Crippen molar-refractivity contribution in [1.82, 2.24) is 9.71 Å². The molecule has 132 valence electrons. The topological polar surface area (TPSA) is 81.4 Å². The number of hydrogen-bond donors (Lipinski definition) is 1. The van der Waals surface area contributed by atoms with Crippen molar-refractivity contribution in [3.05, 3.63) is 53.2 Å². The molecule has 0 atom stereocenters. The van der Waals surface area contributed by atoms with E-state index in [1.807, 2.05) is 31.2 Å². The van der Waals surface area contributed by atoms with Crippen LogP contribution in [0.3, 0.4) is 0 Å². The van der Waals surface area contributed by atoms with E-state index in [-0.39, 0.29) is 6.54 Å². The van der Waals surface area contributed by atoms with Gasteiger partial charge in [0.25, 0.3) is 0 Å². The molecule has 0 aliphatic rings. The molecule has 1 aromatic carbocycles. The number of nitrogens with zero attached hydrogens (tertiary/aromatic N) is 1. The first-order valence-corrected chi connectivity index (χ1v) is 10.00. The number of rotatable bonds is 7. The Hall–Kier alpha value is -2.16. The van der Waals surface area contributed by atoms with Crippen molar-refractivity contribution >= 4 is 21.4 Å². The molecule has 6 nitrogen and oxygen atoms in total. The van der Waals surface area contributed by atoms with Crippen molar-refractivity contribution < 1.29 is 17.6 Å². The summed E-state index contributed by atoms with van der Waals surface area (Å²) >= 11 is 1.19. The van der Waals surface area contributed by atoms with Crippen molar-refractivity contribution in [3.8, 4) is 17.2 Å². The minimum absolute atomic E-state index is 0.260. The molecule has 3 rings (SSSR count). The summed E-state index contributed by atoms with van der Waals surface area (Å²) in [6, 6.07) is 10.7. The first-order chi connectivity index (χ1) is 12.0. The van der Waals surface area contributed by atoms with Gasteiger partial charge in [-0.05, 0) is 42.6 Å². The lowest BCUT2D eigenvalue weighted by molar-refractivity contribution is 0.415. The normalized spacial score (nSPS) is 11.6. The lowest BCUT2D eigenvalue weighted by Gasteiger charge is -2.03. The highest BCUT2D eigenvalue weighted by molar-refractivity contribution is 7.91. The van der Waals surface area contributed by atoms with Gasteiger partial charge >= 0.3 is 0 Å². The van der Waals surface area contributed by atoms with E-state index in [4.69, 9.17) is 9.15 Å². The summed E-state index contributed by atoms with van der Waals surface area (Å²) in [5, 5.41) is 1.73. The summed E-state index contributed by atoms with van der Waals surface area (Å²) < 4.78 is 37.9. The minimum Gasteiger partial charge on any atom is -0.497 e. The number of nitrogens with one attached hydrogen (secondary N) is 1. The van der Waals surface area contributed by atoms with Gasteiger partial charge < -0.3 is 9.15 Å². The SMILES string of the molecule is COc1ccc(-c2nc(CCNS(=O)(=O)c3cccs3)c(C)o2)cc1. The fraction of sp³-hybridized carbons (Fsp3) is 0.235. The molecule has 0 amide bonds. The van der Waals surface area contributed by atoms with Crippen molar-refractivity contribution in [1.29, 1.82) is 0 Å². The van der Waals surface area contributed by atoms with Gasteiger partial charge in [-0.2, -0.15) is 0 Å². The molecule has 0 radical (unpaired) electrons. The van der Waals surface area contributed by atoms with E-state index in [1.54, 1.807) is 24.6 Å². The number of methoxy groups -OCH3 is 1. The predicted octanol–water partition coefficient (Wildman–Crippen LogP) is 3.24. The largest absolute Gasteiger partial charge is 0.497 e. The standard InChI is InChI=1S/C17H18N2O4S2/c1-12-15(9-10-18-25(20,21)16-4-3-11-24-16)19-17(23-12)13-5-7-14(22-2)8-6-13/h3-8,11,18H,9-10H2,1-2H3. The lowest BCUT2D eigenvalue weighted by Crippen LogP contribution is -2.25. The molecule has 0 saturated heterocycles. The van der Waals surface area contributed by atoms with Crippen LogP contribution >= 0.6 is 11.3 Å². The highest BCUT2D eigenvalue weighted by Crippen LogP contribution is 2.24. The summed E-state index contributed by atoms with van der Waals surface area (Å²) in [5.41, 5.74) is 1.58. The molecule has 0 saturated carbocycles. The van der Waals surface area contributed by atoms with Crippen LogP contribution in [0.25, 0.3) is 11.5 Å². The van der Waals surface area contributed by atoms with Crippen LogP contribution in [-0.2, 0) is 16.4 Å². The second-order valence-electron chi connectivity index (χ2n) is 5.33. The molecule has 0 fully saturated rings. The molecule has 25 heavy (non-hydrogen) atoms. The molecular weight excluding hydrogens is 360 g/mol. The van der Waals surface area contributed by atoms with E-state index >= 15 is 0 Å². The molecule has 1 N–H and O–H groups in total. The summed E-state index contributed by atoms with van der Waals surface area (Å²) in [7, 11) is -1.85. The van der Waals surface area contributed by atoms with Crippen LogP contribution in [0, 0.1) is 6.92 Å². The third-order valence-electron chi connectivity index (χ3n) is 3.64. The van der Waals surface area contributed by atoms with E-state index in [9.17, 15) is 8.42 Å². The summed E-state index contributed by atoms with van der Waals surface area (Å²) in [5.74, 6) is 1.95. The van der Waals surface area contributed by atoms with E-state index in [1.165, 1.54) is 11.3 Å². The lowest BCUT2D eigenvalue weighted by atomic mass is 10.2. The Bertz CT molecular complexity index is 930. The second-order valence-corrected chi connectivity index (χ2v) is 8.27. The van der Waals surface area contributed by atoms with Gasteiger partial charge in [-0.1, -0.05) is 6.07 Å². The van der Waals surface area contributed by atoms with Gasteiger partial charge in [0.05, 0.1) is 12.8 Å². The van der Waals surface area contributed by atoms with Gasteiger partial charge in [0.15, 0.2) is 0 Å². The van der Waals surface area contributed by atoms with Crippen molar-refractivity contribution in [2.75, 3.05) is 13.7 Å². The third-order valence-corrected chi connectivity index (χ3v) is 6.50. The van der Waals surface area contributed by atoms with E-state index in [2.05, 4.69) is 9.71 Å². The number of benzene rings is 1. The smallest absolute Gasteiger partial charge is 0.250 e. The van der Waals surface area contributed by atoms with Gasteiger partial charge in [0, 0.05) is 18.5 Å². The quantitative estimate of drug-likeness (QED) is 0.682. The third kappa shape index (κ3) is 4.09. The maximum atomic E-state index is 12.1. The van der Waals surface area contributed by atoms with Crippen molar-refractivity contribution in [3.63, 3.8) is 0 Å². The van der Waals surface area contributed by atoms with Crippen LogP contribution in [0.1, 0.15) is 11.5 Å². The van der Waals surface area contributed by atoms with Gasteiger partial charge in [0.2, 0.25) is 15.9 Å². The molecule has 8 heteroatoms. The zero-order chi connectivity index (χ0) is 17.9. The number of sulfonamides is 1. The second kappa shape index (κ2) is 7.38. The maximum Gasteiger partial charge on any atom is 0.250 e. The highest BCUT2D eigenvalue weighted by Gasteiger charge is 2.16. The summed E-state index contributed by atoms with van der Waals surface area (Å²) in [6.45, 7) is 2.08. The number of thiophene rings is 1. The number of aryl methyl sites for hydroxylation is 1. The predicted molar refractivity (Wildman–Crippen MR) is 96.4 cm³/mol. The van der Waals surface area contributed by atoms with E-state index < -0.39 is 10.0 Å². The summed E-state index contributed by atoms with van der Waals surface area (Å²) in [6.07, 6.45) is 0.454. The number of aromatic nitrogens is 1. The fourth-order valence-electron chi connectivity index (χ4n) is 2.31. The fourth-order valence-corrected chi connectivity index (χ4v) is 4.38. The molecule has 0 unspecified atom stereocenters. The molecular formula is C17H18N2O4S2. The zero-order valence-electron chi connectivity index (χ0n) is 13.9. The zero-order valence-corrected chi connectivity index (χ0v) is 15.5. The average molecular weight is 378 g/mol. The Kier molecular flexibility index (Phi) is 5.22. The Morgan fingerprint density at radius 1 is 1.24 bits per heavy atom. The first kappa shape index (κ1) is 17.7. The Morgan fingerprint density at radius 3 is 2.64 bits per heavy atom. The van der Waals surface area contributed by atoms with Crippen LogP contribution in [0.15, 0.2) is 50.4 Å². The van der Waals surface area contributed by atoms with Crippen molar-refractivity contribution in [2.24, 2.45) is 0 Å². The van der Waals surface area contributed by atoms with E-state index in [0.29, 0.717) is 22.3 Å². The Labute approximate surface area is 150 Å². The van der Waals surface area contributed by atoms with E-state index in [0.717, 1.165) is 17.0 Å². The number of oxazole rings is 1. The number of ether oxygens (including phenoxy) is 1. The van der Waals surface area contributed by atoms with Gasteiger partial charge in [-0.25, -0.2) is 18.1 Å². The molecule has 0 aliphatic heterocycles. The molecule has 2 aromatic heterocycles. The Balaban J connectivity index is 1.66. The number of hydrogen-bond acceptors (Lipinski definition) is 6. The Morgan fingerprint density at radius 2 is 2.00 bits per heavy atom. The molecule has 0 bridgehead atoms. The molecule has 0 spiro atoms. The van der Waals surface area contributed by atoms with Crippen LogP contribution in [0.2, 0.25) is 0 Å². The highest BCUT2D eigenvalue weighted by atomic mass is 32.2. The first-order valence-electron chi connectivity index (χ1n) is 7.63. The monoisotopic (exact) mass is 378 g/mol. The van der Waals surface area contributed by atoms with Crippen LogP contribution < -0.4 is 9.46 Å². The van der Waals surface area contributed by atoms with Crippen molar-refractivity contribution in [2.45, 2.75) is 17.6 Å².